The second-order valence-electron chi connectivity index (χ2n) is 4.08. The van der Waals surface area contributed by atoms with E-state index in [1.165, 1.54) is 6.42 Å². The zero-order valence-electron chi connectivity index (χ0n) is 9.26. The number of aromatic nitrogens is 1. The third-order valence-corrected chi connectivity index (χ3v) is 3.13. The predicted octanol–water partition coefficient (Wildman–Crippen LogP) is 1.27. The number of anilines is 1. The molecule has 0 saturated carbocycles. The first kappa shape index (κ1) is 10.9. The lowest BCUT2D eigenvalue weighted by Gasteiger charge is -2.37. The molecular formula is C12H16N4. The summed E-state index contributed by atoms with van der Waals surface area (Å²) in [6.07, 6.45) is 6.92. The summed E-state index contributed by atoms with van der Waals surface area (Å²) < 4.78 is 0. The van der Waals surface area contributed by atoms with Gasteiger partial charge in [-0.3, -0.25) is 4.98 Å². The Labute approximate surface area is 95.7 Å². The van der Waals surface area contributed by atoms with E-state index in [-0.39, 0.29) is 0 Å². The molecule has 1 aromatic heterocycles. The van der Waals surface area contributed by atoms with E-state index in [0.29, 0.717) is 18.2 Å². The average Bonchev–Trinajstić information content (AvgIpc) is 2.38. The highest BCUT2D eigenvalue weighted by atomic mass is 15.2. The van der Waals surface area contributed by atoms with Gasteiger partial charge in [0.15, 0.2) is 0 Å². The van der Waals surface area contributed by atoms with Crippen molar-refractivity contribution in [3.8, 4) is 6.07 Å². The second-order valence-corrected chi connectivity index (χ2v) is 4.08. The monoisotopic (exact) mass is 216 g/mol. The van der Waals surface area contributed by atoms with Gasteiger partial charge >= 0.3 is 0 Å². The fourth-order valence-electron chi connectivity index (χ4n) is 2.27. The number of rotatable bonds is 2. The number of piperidine rings is 1. The van der Waals surface area contributed by atoms with Crippen molar-refractivity contribution in [2.75, 3.05) is 18.0 Å². The zero-order valence-corrected chi connectivity index (χ0v) is 9.26. The molecule has 1 aromatic rings. The molecule has 0 spiro atoms. The Bertz CT molecular complexity index is 396. The van der Waals surface area contributed by atoms with Crippen molar-refractivity contribution >= 4 is 5.69 Å². The molecule has 1 saturated heterocycles. The molecule has 0 bridgehead atoms. The van der Waals surface area contributed by atoms with Gasteiger partial charge in [0.1, 0.15) is 6.07 Å². The molecule has 2 heterocycles. The van der Waals surface area contributed by atoms with Gasteiger partial charge in [-0.15, -0.1) is 0 Å². The van der Waals surface area contributed by atoms with E-state index < -0.39 is 0 Å². The molecule has 2 rings (SSSR count). The topological polar surface area (TPSA) is 65.9 Å². The quantitative estimate of drug-likeness (QED) is 0.808. The summed E-state index contributed by atoms with van der Waals surface area (Å²) >= 11 is 0. The zero-order chi connectivity index (χ0) is 11.4. The first-order valence-electron chi connectivity index (χ1n) is 5.67. The molecule has 4 heteroatoms. The van der Waals surface area contributed by atoms with Crippen LogP contribution in [-0.2, 0) is 0 Å². The van der Waals surface area contributed by atoms with Gasteiger partial charge in [0.05, 0.1) is 17.4 Å². The number of hydrogen-bond acceptors (Lipinski definition) is 4. The maximum absolute atomic E-state index is 9.07. The number of pyridine rings is 1. The summed E-state index contributed by atoms with van der Waals surface area (Å²) in [5.41, 5.74) is 7.40. The van der Waals surface area contributed by atoms with Gasteiger partial charge in [0, 0.05) is 25.3 Å². The molecule has 1 aliphatic rings. The van der Waals surface area contributed by atoms with E-state index in [1.807, 2.05) is 0 Å². The third-order valence-electron chi connectivity index (χ3n) is 3.13. The molecule has 1 atom stereocenters. The fraction of sp³-hybridized carbons (Fsp3) is 0.500. The van der Waals surface area contributed by atoms with Crippen LogP contribution < -0.4 is 10.6 Å². The summed E-state index contributed by atoms with van der Waals surface area (Å²) in [5, 5.41) is 9.07. The first-order chi connectivity index (χ1) is 7.86. The average molecular weight is 216 g/mol. The third kappa shape index (κ3) is 2.00. The van der Waals surface area contributed by atoms with Crippen LogP contribution in [0.1, 0.15) is 24.8 Å². The van der Waals surface area contributed by atoms with Crippen molar-refractivity contribution in [3.05, 3.63) is 24.0 Å². The highest BCUT2D eigenvalue weighted by Gasteiger charge is 2.23. The van der Waals surface area contributed by atoms with E-state index in [4.69, 9.17) is 11.0 Å². The molecule has 1 unspecified atom stereocenters. The summed E-state index contributed by atoms with van der Waals surface area (Å²) in [6, 6.07) is 4.33. The minimum absolute atomic E-state index is 0.352. The van der Waals surface area contributed by atoms with Gasteiger partial charge in [0.25, 0.3) is 0 Å². The lowest BCUT2D eigenvalue weighted by Crippen LogP contribution is -2.44. The van der Waals surface area contributed by atoms with Crippen LogP contribution in [0.25, 0.3) is 0 Å². The summed E-state index contributed by atoms with van der Waals surface area (Å²) in [5.74, 6) is 0. The van der Waals surface area contributed by atoms with Gasteiger partial charge in [-0.1, -0.05) is 0 Å². The lowest BCUT2D eigenvalue weighted by atomic mass is 10.0. The van der Waals surface area contributed by atoms with Crippen molar-refractivity contribution in [1.82, 2.24) is 4.98 Å². The van der Waals surface area contributed by atoms with E-state index in [9.17, 15) is 0 Å². The highest BCUT2D eigenvalue weighted by Crippen LogP contribution is 2.26. The van der Waals surface area contributed by atoms with E-state index >= 15 is 0 Å². The molecule has 1 aliphatic heterocycles. The van der Waals surface area contributed by atoms with Gasteiger partial charge in [0.2, 0.25) is 0 Å². The van der Waals surface area contributed by atoms with Crippen LogP contribution in [0.5, 0.6) is 0 Å². The highest BCUT2D eigenvalue weighted by molar-refractivity contribution is 5.58. The van der Waals surface area contributed by atoms with Gasteiger partial charge in [-0.05, 0) is 25.3 Å². The number of nitrogens with two attached hydrogens (primary N) is 1. The minimum Gasteiger partial charge on any atom is -0.365 e. The molecule has 1 fully saturated rings. The van der Waals surface area contributed by atoms with Crippen LogP contribution in [0, 0.1) is 11.3 Å². The molecule has 2 N–H and O–H groups in total. The van der Waals surface area contributed by atoms with Crippen molar-refractivity contribution in [2.24, 2.45) is 5.73 Å². The number of nitrogens with zero attached hydrogens (tertiary/aromatic N) is 3. The van der Waals surface area contributed by atoms with E-state index in [2.05, 4.69) is 16.0 Å². The predicted molar refractivity (Wildman–Crippen MR) is 63.0 cm³/mol. The largest absolute Gasteiger partial charge is 0.365 e. The molecule has 84 valence electrons. The van der Waals surface area contributed by atoms with Gasteiger partial charge in [-0.2, -0.15) is 5.26 Å². The maximum atomic E-state index is 9.07. The van der Waals surface area contributed by atoms with Crippen molar-refractivity contribution in [2.45, 2.75) is 25.3 Å². The number of nitriles is 1. The van der Waals surface area contributed by atoms with Gasteiger partial charge < -0.3 is 10.6 Å². The van der Waals surface area contributed by atoms with Crippen molar-refractivity contribution in [3.63, 3.8) is 0 Å². The van der Waals surface area contributed by atoms with Crippen LogP contribution >= 0.6 is 0 Å². The minimum atomic E-state index is 0.352. The molecule has 0 radical (unpaired) electrons. The Kier molecular flexibility index (Phi) is 3.37. The first-order valence-corrected chi connectivity index (χ1v) is 5.67. The van der Waals surface area contributed by atoms with Crippen LogP contribution in [0.15, 0.2) is 18.5 Å². The normalized spacial score (nSPS) is 20.5. The molecule has 16 heavy (non-hydrogen) atoms. The van der Waals surface area contributed by atoms with Crippen molar-refractivity contribution < 1.29 is 0 Å². The Morgan fingerprint density at radius 2 is 2.44 bits per heavy atom. The van der Waals surface area contributed by atoms with Crippen LogP contribution in [0.4, 0.5) is 5.69 Å². The smallest absolute Gasteiger partial charge is 0.101 e. The van der Waals surface area contributed by atoms with Crippen LogP contribution in [0.2, 0.25) is 0 Å². The second kappa shape index (κ2) is 4.95. The fourth-order valence-corrected chi connectivity index (χ4v) is 2.27. The Hall–Kier alpha value is -1.60. The van der Waals surface area contributed by atoms with Crippen LogP contribution in [-0.4, -0.2) is 24.1 Å². The Morgan fingerprint density at radius 3 is 3.19 bits per heavy atom. The standard InChI is InChI=1S/C12H16N4/c13-7-10-4-5-15-9-12(10)16-6-2-1-3-11(16)8-14/h4-5,9,11H,1-3,6,8,14H2. The van der Waals surface area contributed by atoms with E-state index in [0.717, 1.165) is 25.1 Å². The maximum Gasteiger partial charge on any atom is 0.101 e. The lowest BCUT2D eigenvalue weighted by molar-refractivity contribution is 0.465. The molecule has 0 aromatic carbocycles. The van der Waals surface area contributed by atoms with Crippen LogP contribution in [0.3, 0.4) is 0 Å². The molecule has 4 nitrogen and oxygen atoms in total. The molecular weight excluding hydrogens is 200 g/mol. The summed E-state index contributed by atoms with van der Waals surface area (Å²) in [7, 11) is 0. The Balaban J connectivity index is 2.31. The Morgan fingerprint density at radius 1 is 1.56 bits per heavy atom. The summed E-state index contributed by atoms with van der Waals surface area (Å²) in [6.45, 7) is 1.61. The SMILES string of the molecule is N#Cc1ccncc1N1CCCCC1CN. The summed E-state index contributed by atoms with van der Waals surface area (Å²) in [4.78, 5) is 6.33. The number of hydrogen-bond donors (Lipinski definition) is 1. The van der Waals surface area contributed by atoms with E-state index in [1.54, 1.807) is 18.5 Å². The van der Waals surface area contributed by atoms with Gasteiger partial charge in [-0.25, -0.2) is 0 Å². The van der Waals surface area contributed by atoms with Crippen molar-refractivity contribution in [1.29, 1.82) is 5.26 Å². The molecule has 0 amide bonds. The molecule has 0 aliphatic carbocycles.